The van der Waals surface area contributed by atoms with Crippen molar-refractivity contribution in [2.24, 2.45) is 0 Å². The van der Waals surface area contributed by atoms with Crippen LogP contribution in [0.2, 0.25) is 0 Å². The Hall–Kier alpha value is -1.94. The number of rotatable bonds is 3. The van der Waals surface area contributed by atoms with E-state index in [-0.39, 0.29) is 18.3 Å². The summed E-state index contributed by atoms with van der Waals surface area (Å²) in [5.74, 6) is 0.625. The molecule has 2 heterocycles. The van der Waals surface area contributed by atoms with Crippen molar-refractivity contribution in [1.29, 1.82) is 5.26 Å². The first-order valence-electron chi connectivity index (χ1n) is 5.96. The number of nitriles is 1. The number of hydrogen-bond acceptors (Lipinski definition) is 5. The molecule has 1 N–H and O–H groups in total. The minimum absolute atomic E-state index is 0.164. The number of H-pyrrole nitrogens is 1. The fourth-order valence-electron chi connectivity index (χ4n) is 1.79. The smallest absolute Gasteiger partial charge is 0.293 e. The number of aromatic nitrogens is 3. The van der Waals surface area contributed by atoms with Gasteiger partial charge in [0, 0.05) is 13.0 Å². The van der Waals surface area contributed by atoms with Crippen LogP contribution in [0.1, 0.15) is 29.8 Å². The van der Waals surface area contributed by atoms with Crippen LogP contribution >= 0.6 is 0 Å². The number of ether oxygens (including phenoxy) is 1. The largest absolute Gasteiger partial charge is 0.360 e. The van der Waals surface area contributed by atoms with Crippen molar-refractivity contribution in [2.45, 2.75) is 25.9 Å². The quantitative estimate of drug-likeness (QED) is 0.821. The molecule has 96 valence electrons. The van der Waals surface area contributed by atoms with Crippen LogP contribution in [-0.2, 0) is 11.2 Å². The van der Waals surface area contributed by atoms with Gasteiger partial charge in [0.05, 0.1) is 19.2 Å². The van der Waals surface area contributed by atoms with Crippen LogP contribution < -0.4 is 0 Å². The van der Waals surface area contributed by atoms with E-state index in [1.165, 1.54) is 0 Å². The standard InChI is InChI=1S/C11H15N5O2/c1-2-3-9-13-10(15-14-9)11(17)16-4-5-18-8(6-12)7-16/h8H,2-5,7H2,1H3,(H,13,14,15). The molecule has 7 nitrogen and oxygen atoms in total. The van der Waals surface area contributed by atoms with Gasteiger partial charge in [-0.15, -0.1) is 5.10 Å². The molecular formula is C11H15N5O2. The topological polar surface area (TPSA) is 94.9 Å². The summed E-state index contributed by atoms with van der Waals surface area (Å²) >= 11 is 0. The fraction of sp³-hybridized carbons (Fsp3) is 0.636. The van der Waals surface area contributed by atoms with Crippen LogP contribution in [0.15, 0.2) is 0 Å². The lowest BCUT2D eigenvalue weighted by atomic mass is 10.3. The van der Waals surface area contributed by atoms with E-state index in [4.69, 9.17) is 10.00 Å². The minimum atomic E-state index is -0.559. The maximum absolute atomic E-state index is 12.1. The third kappa shape index (κ3) is 2.65. The lowest BCUT2D eigenvalue weighted by molar-refractivity contribution is 0.00293. The van der Waals surface area contributed by atoms with Gasteiger partial charge in [0.2, 0.25) is 5.82 Å². The highest BCUT2D eigenvalue weighted by atomic mass is 16.5. The summed E-state index contributed by atoms with van der Waals surface area (Å²) < 4.78 is 5.18. The molecule has 18 heavy (non-hydrogen) atoms. The Morgan fingerprint density at radius 1 is 1.72 bits per heavy atom. The summed E-state index contributed by atoms with van der Waals surface area (Å²) in [4.78, 5) is 17.8. The first-order chi connectivity index (χ1) is 8.74. The number of amides is 1. The molecule has 1 aromatic heterocycles. The third-order valence-corrected chi connectivity index (χ3v) is 2.71. The first-order valence-corrected chi connectivity index (χ1v) is 5.96. The maximum atomic E-state index is 12.1. The van der Waals surface area contributed by atoms with E-state index in [1.54, 1.807) is 4.90 Å². The van der Waals surface area contributed by atoms with Gasteiger partial charge in [-0.25, -0.2) is 4.98 Å². The first kappa shape index (κ1) is 12.5. The molecule has 2 rings (SSSR count). The summed E-state index contributed by atoms with van der Waals surface area (Å²) in [6.45, 7) is 3.14. The monoisotopic (exact) mass is 249 g/mol. The zero-order chi connectivity index (χ0) is 13.0. The van der Waals surface area contributed by atoms with Gasteiger partial charge >= 0.3 is 0 Å². The number of aromatic amines is 1. The molecule has 1 aliphatic rings. The van der Waals surface area contributed by atoms with Crippen molar-refractivity contribution in [3.63, 3.8) is 0 Å². The predicted octanol–water partition coefficient (Wildman–Crippen LogP) is 0.122. The zero-order valence-corrected chi connectivity index (χ0v) is 10.2. The van der Waals surface area contributed by atoms with Gasteiger partial charge in [0.1, 0.15) is 5.82 Å². The molecule has 1 atom stereocenters. The molecule has 1 saturated heterocycles. The van der Waals surface area contributed by atoms with Crippen LogP contribution in [0.5, 0.6) is 0 Å². The Bertz CT molecular complexity index is 464. The van der Waals surface area contributed by atoms with E-state index < -0.39 is 6.10 Å². The number of aryl methyl sites for hydroxylation is 1. The summed E-state index contributed by atoms with van der Waals surface area (Å²) in [5.41, 5.74) is 0. The number of carbonyl (C=O) groups excluding carboxylic acids is 1. The molecule has 0 aliphatic carbocycles. The molecule has 1 aliphatic heterocycles. The molecule has 1 amide bonds. The number of morpholine rings is 1. The second-order valence-corrected chi connectivity index (χ2v) is 4.10. The van der Waals surface area contributed by atoms with Crippen molar-refractivity contribution in [2.75, 3.05) is 19.7 Å². The van der Waals surface area contributed by atoms with E-state index in [1.807, 2.05) is 13.0 Å². The van der Waals surface area contributed by atoms with Crippen molar-refractivity contribution < 1.29 is 9.53 Å². The van der Waals surface area contributed by atoms with Crippen LogP contribution in [-0.4, -0.2) is 51.8 Å². The van der Waals surface area contributed by atoms with Gasteiger partial charge in [-0.1, -0.05) is 6.92 Å². The van der Waals surface area contributed by atoms with Crippen molar-refractivity contribution in [1.82, 2.24) is 20.1 Å². The van der Waals surface area contributed by atoms with Gasteiger partial charge < -0.3 is 9.64 Å². The molecule has 0 radical (unpaired) electrons. The van der Waals surface area contributed by atoms with Crippen LogP contribution in [0, 0.1) is 11.3 Å². The Balaban J connectivity index is 2.03. The van der Waals surface area contributed by atoms with Gasteiger partial charge in [-0.2, -0.15) is 5.26 Å². The number of carbonyl (C=O) groups is 1. The Morgan fingerprint density at radius 3 is 3.28 bits per heavy atom. The summed E-state index contributed by atoms with van der Waals surface area (Å²) in [6, 6.07) is 2.00. The molecule has 1 fully saturated rings. The second kappa shape index (κ2) is 5.60. The van der Waals surface area contributed by atoms with Crippen LogP contribution in [0.3, 0.4) is 0 Å². The van der Waals surface area contributed by atoms with Crippen molar-refractivity contribution in [3.8, 4) is 6.07 Å². The summed E-state index contributed by atoms with van der Waals surface area (Å²) in [6.07, 6.45) is 1.15. The maximum Gasteiger partial charge on any atom is 0.293 e. The highest BCUT2D eigenvalue weighted by molar-refractivity contribution is 5.90. The highest BCUT2D eigenvalue weighted by Crippen LogP contribution is 2.08. The van der Waals surface area contributed by atoms with Crippen molar-refractivity contribution in [3.05, 3.63) is 11.6 Å². The fourth-order valence-corrected chi connectivity index (χ4v) is 1.79. The van der Waals surface area contributed by atoms with Crippen molar-refractivity contribution >= 4 is 5.91 Å². The Morgan fingerprint density at radius 2 is 2.56 bits per heavy atom. The number of hydrogen-bond donors (Lipinski definition) is 1. The zero-order valence-electron chi connectivity index (χ0n) is 10.2. The average molecular weight is 249 g/mol. The molecule has 7 heteroatoms. The van der Waals surface area contributed by atoms with Gasteiger partial charge in [-0.3, -0.25) is 9.89 Å². The van der Waals surface area contributed by atoms with Gasteiger partial charge in [0.25, 0.3) is 5.91 Å². The third-order valence-electron chi connectivity index (χ3n) is 2.71. The molecular weight excluding hydrogens is 234 g/mol. The highest BCUT2D eigenvalue weighted by Gasteiger charge is 2.27. The molecule has 1 unspecified atom stereocenters. The van der Waals surface area contributed by atoms with E-state index in [2.05, 4.69) is 15.2 Å². The number of nitrogens with one attached hydrogen (secondary N) is 1. The SMILES string of the molecule is CCCc1nc(C(=O)N2CCOC(C#N)C2)n[nH]1. The van der Waals surface area contributed by atoms with E-state index >= 15 is 0 Å². The Kier molecular flexibility index (Phi) is 3.89. The Labute approximate surface area is 105 Å². The summed E-state index contributed by atoms with van der Waals surface area (Å²) in [7, 11) is 0. The lowest BCUT2D eigenvalue weighted by Crippen LogP contribution is -2.45. The second-order valence-electron chi connectivity index (χ2n) is 4.10. The van der Waals surface area contributed by atoms with Gasteiger partial charge in [-0.05, 0) is 6.42 Å². The molecule has 1 aromatic rings. The van der Waals surface area contributed by atoms with Crippen LogP contribution in [0.25, 0.3) is 0 Å². The van der Waals surface area contributed by atoms with Crippen LogP contribution in [0.4, 0.5) is 0 Å². The van der Waals surface area contributed by atoms with E-state index in [0.717, 1.165) is 12.8 Å². The normalized spacial score (nSPS) is 19.6. The predicted molar refractivity (Wildman–Crippen MR) is 61.6 cm³/mol. The average Bonchev–Trinajstić information content (AvgIpc) is 2.87. The minimum Gasteiger partial charge on any atom is -0.360 e. The molecule has 0 spiro atoms. The molecule has 0 aromatic carbocycles. The lowest BCUT2D eigenvalue weighted by Gasteiger charge is -2.28. The summed E-state index contributed by atoms with van der Waals surface area (Å²) in [5, 5.41) is 15.4. The van der Waals surface area contributed by atoms with E-state index in [9.17, 15) is 4.79 Å². The molecule has 0 saturated carbocycles. The molecule has 0 bridgehead atoms. The number of nitrogens with zero attached hydrogens (tertiary/aromatic N) is 4. The van der Waals surface area contributed by atoms with Gasteiger partial charge in [0.15, 0.2) is 6.10 Å². The van der Waals surface area contributed by atoms with E-state index in [0.29, 0.717) is 19.0 Å².